The predicted molar refractivity (Wildman–Crippen MR) is 137 cm³/mol. The van der Waals surface area contributed by atoms with E-state index in [1.807, 2.05) is 31.2 Å². The number of hydrazone groups is 1. The third kappa shape index (κ3) is 7.59. The number of methoxy groups -OCH3 is 1. The number of hydrogen-bond donors (Lipinski definition) is 1. The zero-order valence-electron chi connectivity index (χ0n) is 20.8. The highest BCUT2D eigenvalue weighted by molar-refractivity contribution is 5.92. The molecule has 0 aromatic heterocycles. The first-order valence-corrected chi connectivity index (χ1v) is 11.6. The van der Waals surface area contributed by atoms with Crippen LogP contribution >= 0.6 is 0 Å². The van der Waals surface area contributed by atoms with Gasteiger partial charge < -0.3 is 18.9 Å². The number of carbonyl (C=O) groups is 2. The number of esters is 1. The van der Waals surface area contributed by atoms with Crippen molar-refractivity contribution in [2.75, 3.05) is 20.3 Å². The first kappa shape index (κ1) is 26.3. The maximum atomic E-state index is 12.5. The second-order valence-corrected chi connectivity index (χ2v) is 8.06. The molecule has 3 rings (SSSR count). The lowest BCUT2D eigenvalue weighted by Crippen LogP contribution is -2.24. The minimum atomic E-state index is -0.524. The van der Waals surface area contributed by atoms with Crippen molar-refractivity contribution < 1.29 is 28.5 Å². The van der Waals surface area contributed by atoms with Crippen molar-refractivity contribution in [1.29, 1.82) is 0 Å². The third-order valence-electron chi connectivity index (χ3n) is 5.11. The summed E-state index contributed by atoms with van der Waals surface area (Å²) >= 11 is 0. The molecule has 3 aromatic rings. The second kappa shape index (κ2) is 12.9. The molecule has 0 radical (unpaired) electrons. The number of nitrogens with one attached hydrogen (secondary N) is 1. The maximum Gasteiger partial charge on any atom is 0.343 e. The standard InChI is InChI=1S/C28H30N2O6/c1-5-34-23-13-9-22(10-14-23)28(32)36-25-15-6-20(16-26(25)33-4)17-29-30-27(31)18-35-24-11-7-21(8-12-24)19(2)3/h6-17,19H,5,18H2,1-4H3,(H,30,31)/b29-17-. The van der Waals surface area contributed by atoms with Gasteiger partial charge in [-0.25, -0.2) is 10.2 Å². The molecular weight excluding hydrogens is 460 g/mol. The van der Waals surface area contributed by atoms with Gasteiger partial charge in [-0.15, -0.1) is 0 Å². The Morgan fingerprint density at radius 3 is 2.22 bits per heavy atom. The lowest BCUT2D eigenvalue weighted by molar-refractivity contribution is -0.123. The smallest absolute Gasteiger partial charge is 0.343 e. The largest absolute Gasteiger partial charge is 0.494 e. The molecule has 36 heavy (non-hydrogen) atoms. The van der Waals surface area contributed by atoms with Gasteiger partial charge in [0.05, 0.1) is 25.5 Å². The molecule has 0 saturated carbocycles. The van der Waals surface area contributed by atoms with Crippen molar-refractivity contribution in [3.63, 3.8) is 0 Å². The summed E-state index contributed by atoms with van der Waals surface area (Å²) in [5.74, 6) is 1.39. The Kier molecular flexibility index (Phi) is 9.45. The fraction of sp³-hybridized carbons (Fsp3) is 0.250. The molecule has 0 atom stereocenters. The number of carbonyl (C=O) groups excluding carboxylic acids is 2. The summed E-state index contributed by atoms with van der Waals surface area (Å²) in [4.78, 5) is 24.5. The van der Waals surface area contributed by atoms with E-state index in [1.165, 1.54) is 18.9 Å². The molecule has 0 saturated heterocycles. The molecule has 188 valence electrons. The van der Waals surface area contributed by atoms with E-state index in [2.05, 4.69) is 24.4 Å². The van der Waals surface area contributed by atoms with E-state index in [1.54, 1.807) is 42.5 Å². The van der Waals surface area contributed by atoms with Crippen LogP contribution in [0.25, 0.3) is 0 Å². The van der Waals surface area contributed by atoms with Crippen LogP contribution in [0.5, 0.6) is 23.0 Å². The van der Waals surface area contributed by atoms with Gasteiger partial charge in [0, 0.05) is 0 Å². The quantitative estimate of drug-likeness (QED) is 0.177. The van der Waals surface area contributed by atoms with Crippen molar-refractivity contribution >= 4 is 18.1 Å². The topological polar surface area (TPSA) is 95.5 Å². The second-order valence-electron chi connectivity index (χ2n) is 8.06. The Morgan fingerprint density at radius 2 is 1.58 bits per heavy atom. The summed E-state index contributed by atoms with van der Waals surface area (Å²) in [5, 5.41) is 3.95. The molecule has 0 fully saturated rings. The Bertz CT molecular complexity index is 1190. The van der Waals surface area contributed by atoms with Gasteiger partial charge in [-0.3, -0.25) is 4.79 Å². The minimum absolute atomic E-state index is 0.165. The monoisotopic (exact) mass is 490 g/mol. The SMILES string of the molecule is CCOc1ccc(C(=O)Oc2ccc(/C=N\NC(=O)COc3ccc(C(C)C)cc3)cc2OC)cc1. The molecule has 1 amide bonds. The number of rotatable bonds is 11. The highest BCUT2D eigenvalue weighted by atomic mass is 16.6. The molecule has 8 heteroatoms. The molecule has 1 N–H and O–H groups in total. The van der Waals surface area contributed by atoms with Crippen molar-refractivity contribution in [2.45, 2.75) is 26.7 Å². The summed E-state index contributed by atoms with van der Waals surface area (Å²) in [6.45, 7) is 6.49. The Balaban J connectivity index is 1.53. The summed E-state index contributed by atoms with van der Waals surface area (Å²) in [5.41, 5.74) is 4.64. The highest BCUT2D eigenvalue weighted by Gasteiger charge is 2.13. The van der Waals surface area contributed by atoms with E-state index in [-0.39, 0.29) is 12.4 Å². The molecule has 0 aliphatic rings. The van der Waals surface area contributed by atoms with Gasteiger partial charge in [-0.1, -0.05) is 26.0 Å². The fourth-order valence-corrected chi connectivity index (χ4v) is 3.17. The lowest BCUT2D eigenvalue weighted by Gasteiger charge is -2.10. The third-order valence-corrected chi connectivity index (χ3v) is 5.11. The van der Waals surface area contributed by atoms with E-state index >= 15 is 0 Å². The van der Waals surface area contributed by atoms with Gasteiger partial charge in [-0.2, -0.15) is 5.10 Å². The predicted octanol–water partition coefficient (Wildman–Crippen LogP) is 4.97. The summed E-state index contributed by atoms with van der Waals surface area (Å²) in [6, 6.07) is 19.2. The number of hydrogen-bond acceptors (Lipinski definition) is 7. The first-order valence-electron chi connectivity index (χ1n) is 11.6. The van der Waals surface area contributed by atoms with E-state index in [9.17, 15) is 9.59 Å². The zero-order valence-corrected chi connectivity index (χ0v) is 20.8. The van der Waals surface area contributed by atoms with Crippen LogP contribution in [0.4, 0.5) is 0 Å². The minimum Gasteiger partial charge on any atom is -0.494 e. The molecular formula is C28H30N2O6. The molecule has 0 spiro atoms. The Morgan fingerprint density at radius 1 is 0.917 bits per heavy atom. The van der Waals surface area contributed by atoms with Gasteiger partial charge >= 0.3 is 5.97 Å². The average Bonchev–Trinajstić information content (AvgIpc) is 2.89. The maximum absolute atomic E-state index is 12.5. The van der Waals surface area contributed by atoms with Gasteiger partial charge in [0.25, 0.3) is 5.91 Å². The van der Waals surface area contributed by atoms with Crippen LogP contribution in [0.2, 0.25) is 0 Å². The average molecular weight is 491 g/mol. The molecule has 0 heterocycles. The lowest BCUT2D eigenvalue weighted by atomic mass is 10.0. The Hall–Kier alpha value is -4.33. The van der Waals surface area contributed by atoms with Gasteiger partial charge in [0.2, 0.25) is 0 Å². The van der Waals surface area contributed by atoms with Crippen LogP contribution in [0, 0.1) is 0 Å². The molecule has 3 aromatic carbocycles. The van der Waals surface area contributed by atoms with Crippen LogP contribution in [-0.2, 0) is 4.79 Å². The summed E-state index contributed by atoms with van der Waals surface area (Å²) < 4.78 is 21.7. The Labute approximate surface area is 210 Å². The molecule has 0 bridgehead atoms. The number of nitrogens with zero attached hydrogens (tertiary/aromatic N) is 1. The number of amides is 1. The van der Waals surface area contributed by atoms with Crippen LogP contribution < -0.4 is 24.4 Å². The summed E-state index contributed by atoms with van der Waals surface area (Å²) in [6.07, 6.45) is 1.45. The van der Waals surface area contributed by atoms with E-state index in [0.29, 0.717) is 40.9 Å². The summed E-state index contributed by atoms with van der Waals surface area (Å²) in [7, 11) is 1.47. The van der Waals surface area contributed by atoms with Crippen molar-refractivity contribution in [3.8, 4) is 23.0 Å². The number of ether oxygens (including phenoxy) is 4. The highest BCUT2D eigenvalue weighted by Crippen LogP contribution is 2.28. The van der Waals surface area contributed by atoms with Crippen LogP contribution in [0.3, 0.4) is 0 Å². The van der Waals surface area contributed by atoms with Crippen molar-refractivity contribution in [3.05, 3.63) is 83.4 Å². The molecule has 0 unspecified atom stereocenters. The van der Waals surface area contributed by atoms with E-state index in [4.69, 9.17) is 18.9 Å². The van der Waals surface area contributed by atoms with Gasteiger partial charge in [-0.05, 0) is 78.6 Å². The zero-order chi connectivity index (χ0) is 25.9. The van der Waals surface area contributed by atoms with Gasteiger partial charge in [0.1, 0.15) is 11.5 Å². The molecule has 8 nitrogen and oxygen atoms in total. The van der Waals surface area contributed by atoms with Crippen LogP contribution in [0.1, 0.15) is 48.2 Å². The van der Waals surface area contributed by atoms with Gasteiger partial charge in [0.15, 0.2) is 18.1 Å². The first-order chi connectivity index (χ1) is 17.4. The van der Waals surface area contributed by atoms with E-state index in [0.717, 1.165) is 0 Å². The van der Waals surface area contributed by atoms with E-state index < -0.39 is 11.9 Å². The van der Waals surface area contributed by atoms with Crippen molar-refractivity contribution in [1.82, 2.24) is 5.43 Å². The molecule has 0 aliphatic heterocycles. The fourth-order valence-electron chi connectivity index (χ4n) is 3.17. The molecule has 0 aliphatic carbocycles. The van der Waals surface area contributed by atoms with Crippen LogP contribution in [-0.4, -0.2) is 38.4 Å². The number of benzene rings is 3. The van der Waals surface area contributed by atoms with Crippen LogP contribution in [0.15, 0.2) is 71.8 Å². The normalized spacial score (nSPS) is 10.8. The van der Waals surface area contributed by atoms with Crippen molar-refractivity contribution in [2.24, 2.45) is 5.10 Å².